The van der Waals surface area contributed by atoms with Crippen LogP contribution in [0.5, 0.6) is 11.5 Å². The van der Waals surface area contributed by atoms with Crippen LogP contribution in [-0.4, -0.2) is 25.3 Å². The number of fused-ring (bicyclic) bond motifs is 1. The number of nitrogens with zero attached hydrogens (tertiary/aromatic N) is 1. The van der Waals surface area contributed by atoms with Gasteiger partial charge in [-0.25, -0.2) is 0 Å². The van der Waals surface area contributed by atoms with Gasteiger partial charge in [0.25, 0.3) is 5.91 Å². The molecule has 7 heteroatoms. The Bertz CT molecular complexity index is 853. The molecule has 1 aromatic heterocycles. The van der Waals surface area contributed by atoms with E-state index >= 15 is 0 Å². The Balaban J connectivity index is 2.00. The highest BCUT2D eigenvalue weighted by Gasteiger charge is 2.20. The Hall–Kier alpha value is -2.54. The summed E-state index contributed by atoms with van der Waals surface area (Å²) in [7, 11) is 2.99. The molecule has 0 atom stereocenters. The van der Waals surface area contributed by atoms with Crippen LogP contribution < -0.4 is 14.8 Å². The van der Waals surface area contributed by atoms with Crippen molar-refractivity contribution < 1.29 is 18.8 Å². The molecule has 0 spiro atoms. The molecule has 2 aromatic carbocycles. The summed E-state index contributed by atoms with van der Waals surface area (Å²) < 4.78 is 16.6. The highest BCUT2D eigenvalue weighted by atomic mass is 79.9. The lowest BCUT2D eigenvalue weighted by atomic mass is 10.1. The first-order valence-corrected chi connectivity index (χ1v) is 7.50. The van der Waals surface area contributed by atoms with Crippen molar-refractivity contribution in [3.8, 4) is 11.5 Å². The van der Waals surface area contributed by atoms with Crippen LogP contribution in [0.3, 0.4) is 0 Å². The van der Waals surface area contributed by atoms with Gasteiger partial charge in [0.15, 0.2) is 11.4 Å². The van der Waals surface area contributed by atoms with Crippen molar-refractivity contribution >= 4 is 38.6 Å². The lowest BCUT2D eigenvalue weighted by Gasteiger charge is -2.12. The van der Waals surface area contributed by atoms with Crippen molar-refractivity contribution in [3.05, 3.63) is 46.4 Å². The molecule has 0 aliphatic heterocycles. The Labute approximate surface area is 140 Å². The number of amides is 1. The third-order valence-electron chi connectivity index (χ3n) is 3.32. The summed E-state index contributed by atoms with van der Waals surface area (Å²) >= 11 is 3.39. The third kappa shape index (κ3) is 2.87. The molecule has 0 bridgehead atoms. The number of benzene rings is 2. The first-order valence-electron chi connectivity index (χ1n) is 6.71. The van der Waals surface area contributed by atoms with Gasteiger partial charge in [-0.3, -0.25) is 4.79 Å². The van der Waals surface area contributed by atoms with Crippen LogP contribution in [0.1, 0.15) is 10.4 Å². The molecule has 0 aliphatic rings. The Morgan fingerprint density at radius 2 is 1.87 bits per heavy atom. The van der Waals surface area contributed by atoms with Gasteiger partial charge >= 0.3 is 0 Å². The van der Waals surface area contributed by atoms with Gasteiger partial charge in [-0.05, 0) is 30.3 Å². The van der Waals surface area contributed by atoms with E-state index in [1.54, 1.807) is 24.3 Å². The number of rotatable bonds is 4. The van der Waals surface area contributed by atoms with Crippen LogP contribution in [0.2, 0.25) is 0 Å². The second kappa shape index (κ2) is 6.29. The molecule has 0 aliphatic carbocycles. The molecule has 0 saturated carbocycles. The summed E-state index contributed by atoms with van der Waals surface area (Å²) in [4.78, 5) is 12.6. The van der Waals surface area contributed by atoms with Gasteiger partial charge in [0.05, 0.1) is 19.6 Å². The van der Waals surface area contributed by atoms with Gasteiger partial charge in [0, 0.05) is 4.47 Å². The molecule has 3 aromatic rings. The SMILES string of the molecule is COc1cccc(OC)c1C(=O)Nc1noc2ccc(Br)cc12. The number of halogens is 1. The summed E-state index contributed by atoms with van der Waals surface area (Å²) in [6.45, 7) is 0. The van der Waals surface area contributed by atoms with E-state index in [0.717, 1.165) is 4.47 Å². The van der Waals surface area contributed by atoms with Crippen molar-refractivity contribution in [2.24, 2.45) is 0 Å². The number of methoxy groups -OCH3 is 2. The third-order valence-corrected chi connectivity index (χ3v) is 3.81. The van der Waals surface area contributed by atoms with E-state index in [2.05, 4.69) is 26.4 Å². The fourth-order valence-electron chi connectivity index (χ4n) is 2.25. The Kier molecular flexibility index (Phi) is 4.20. The maximum absolute atomic E-state index is 12.6. The summed E-state index contributed by atoms with van der Waals surface area (Å²) in [6.07, 6.45) is 0. The first kappa shape index (κ1) is 15.4. The summed E-state index contributed by atoms with van der Waals surface area (Å²) in [5.74, 6) is 0.764. The normalized spacial score (nSPS) is 10.6. The maximum atomic E-state index is 12.6. The predicted octanol–water partition coefficient (Wildman–Crippen LogP) is 3.86. The second-order valence-electron chi connectivity index (χ2n) is 4.66. The van der Waals surface area contributed by atoms with E-state index in [1.165, 1.54) is 14.2 Å². The van der Waals surface area contributed by atoms with E-state index < -0.39 is 5.91 Å². The average Bonchev–Trinajstić information content (AvgIpc) is 2.96. The molecule has 0 saturated heterocycles. The second-order valence-corrected chi connectivity index (χ2v) is 5.58. The molecular weight excluding hydrogens is 364 g/mol. The molecule has 1 amide bonds. The minimum absolute atomic E-state index is 0.295. The van der Waals surface area contributed by atoms with Crippen LogP contribution >= 0.6 is 15.9 Å². The van der Waals surface area contributed by atoms with E-state index in [-0.39, 0.29) is 0 Å². The zero-order chi connectivity index (χ0) is 16.4. The van der Waals surface area contributed by atoms with Crippen LogP contribution in [0, 0.1) is 0 Å². The first-order chi connectivity index (χ1) is 11.1. The summed E-state index contributed by atoms with van der Waals surface area (Å²) in [6, 6.07) is 10.6. The number of anilines is 1. The smallest absolute Gasteiger partial charge is 0.264 e. The predicted molar refractivity (Wildman–Crippen MR) is 89.2 cm³/mol. The Morgan fingerprint density at radius 1 is 1.17 bits per heavy atom. The summed E-state index contributed by atoms with van der Waals surface area (Å²) in [5, 5.41) is 7.33. The van der Waals surface area contributed by atoms with E-state index in [1.807, 2.05) is 12.1 Å². The van der Waals surface area contributed by atoms with Crippen molar-refractivity contribution in [3.63, 3.8) is 0 Å². The van der Waals surface area contributed by atoms with Crippen molar-refractivity contribution in [1.82, 2.24) is 5.16 Å². The van der Waals surface area contributed by atoms with Crippen LogP contribution in [0.4, 0.5) is 5.82 Å². The molecule has 6 nitrogen and oxygen atoms in total. The zero-order valence-electron chi connectivity index (χ0n) is 12.4. The van der Waals surface area contributed by atoms with E-state index in [4.69, 9.17) is 14.0 Å². The largest absolute Gasteiger partial charge is 0.496 e. The minimum atomic E-state index is -0.394. The number of ether oxygens (including phenoxy) is 2. The quantitative estimate of drug-likeness (QED) is 0.748. The standard InChI is InChI=1S/C16H13BrN2O4/c1-21-12-4-3-5-13(22-2)14(12)16(20)18-15-10-8-9(17)6-7-11(10)23-19-15/h3-8H,1-2H3,(H,18,19,20). The molecular formula is C16H13BrN2O4. The highest BCUT2D eigenvalue weighted by molar-refractivity contribution is 9.10. The van der Waals surface area contributed by atoms with Crippen molar-refractivity contribution in [2.45, 2.75) is 0 Å². The number of carbonyl (C=O) groups excluding carboxylic acids is 1. The number of aromatic nitrogens is 1. The lowest BCUT2D eigenvalue weighted by Crippen LogP contribution is -2.15. The minimum Gasteiger partial charge on any atom is -0.496 e. The topological polar surface area (TPSA) is 73.6 Å². The molecule has 1 N–H and O–H groups in total. The molecule has 1 heterocycles. The van der Waals surface area contributed by atoms with Gasteiger partial charge in [-0.15, -0.1) is 0 Å². The highest BCUT2D eigenvalue weighted by Crippen LogP contribution is 2.31. The number of hydrogen-bond acceptors (Lipinski definition) is 5. The lowest BCUT2D eigenvalue weighted by molar-refractivity contribution is 0.102. The van der Waals surface area contributed by atoms with Crippen LogP contribution in [0.25, 0.3) is 11.0 Å². The van der Waals surface area contributed by atoms with E-state index in [9.17, 15) is 4.79 Å². The molecule has 0 unspecified atom stereocenters. The molecule has 0 radical (unpaired) electrons. The number of nitrogens with one attached hydrogen (secondary N) is 1. The Morgan fingerprint density at radius 3 is 2.52 bits per heavy atom. The van der Waals surface area contributed by atoms with Crippen molar-refractivity contribution in [1.29, 1.82) is 0 Å². The monoisotopic (exact) mass is 376 g/mol. The van der Waals surface area contributed by atoms with Gasteiger partial charge < -0.3 is 19.3 Å². The fraction of sp³-hybridized carbons (Fsp3) is 0.125. The van der Waals surface area contributed by atoms with Gasteiger partial charge in [-0.1, -0.05) is 27.2 Å². The van der Waals surface area contributed by atoms with Gasteiger partial charge in [0.1, 0.15) is 17.1 Å². The van der Waals surface area contributed by atoms with Gasteiger partial charge in [0.2, 0.25) is 0 Å². The molecule has 118 valence electrons. The van der Waals surface area contributed by atoms with Crippen molar-refractivity contribution in [2.75, 3.05) is 19.5 Å². The fourth-order valence-corrected chi connectivity index (χ4v) is 2.61. The summed E-state index contributed by atoms with van der Waals surface area (Å²) in [5.41, 5.74) is 0.874. The van der Waals surface area contributed by atoms with Crippen LogP contribution in [-0.2, 0) is 0 Å². The molecule has 3 rings (SSSR count). The molecule has 0 fully saturated rings. The molecule has 23 heavy (non-hydrogen) atoms. The average molecular weight is 377 g/mol. The van der Waals surface area contributed by atoms with Crippen LogP contribution in [0.15, 0.2) is 45.4 Å². The zero-order valence-corrected chi connectivity index (χ0v) is 14.0. The number of hydrogen-bond donors (Lipinski definition) is 1. The maximum Gasteiger partial charge on any atom is 0.264 e. The van der Waals surface area contributed by atoms with Gasteiger partial charge in [-0.2, -0.15) is 0 Å². The number of carbonyl (C=O) groups is 1. The van der Waals surface area contributed by atoms with E-state index in [0.29, 0.717) is 33.8 Å².